The van der Waals surface area contributed by atoms with Crippen molar-refractivity contribution in [1.82, 2.24) is 20.1 Å². The van der Waals surface area contributed by atoms with Crippen molar-refractivity contribution in [3.63, 3.8) is 0 Å². The van der Waals surface area contributed by atoms with Crippen LogP contribution in [-0.4, -0.2) is 87.2 Å². The zero-order valence-electron chi connectivity index (χ0n) is 26.2. The maximum Gasteiger partial charge on any atom is 0.306 e. The highest BCUT2D eigenvalue weighted by Crippen LogP contribution is 2.60. The first kappa shape index (κ1) is 29.3. The molecule has 3 saturated heterocycles. The summed E-state index contributed by atoms with van der Waals surface area (Å²) in [6, 6.07) is 14.6. The van der Waals surface area contributed by atoms with Gasteiger partial charge in [-0.15, -0.1) is 10.2 Å². The highest BCUT2D eigenvalue weighted by molar-refractivity contribution is 5.74. The van der Waals surface area contributed by atoms with Gasteiger partial charge < -0.3 is 35.4 Å². The molecule has 242 valence electrons. The molecule has 0 radical (unpaired) electrons. The average molecular weight is 626 g/mol. The lowest BCUT2D eigenvalue weighted by atomic mass is 9.49. The molecule has 1 aromatic carbocycles. The van der Waals surface area contributed by atoms with Crippen LogP contribution in [0.2, 0.25) is 0 Å². The number of fused-ring (bicyclic) bond motifs is 2. The van der Waals surface area contributed by atoms with Gasteiger partial charge in [0.1, 0.15) is 5.75 Å². The molecule has 2 unspecified atom stereocenters. The number of anilines is 3. The summed E-state index contributed by atoms with van der Waals surface area (Å²) >= 11 is 0. The summed E-state index contributed by atoms with van der Waals surface area (Å²) in [7, 11) is 0. The lowest BCUT2D eigenvalue weighted by Crippen LogP contribution is -2.58. The number of nitrogens with zero attached hydrogens (tertiary/aromatic N) is 6. The van der Waals surface area contributed by atoms with Crippen molar-refractivity contribution in [1.29, 1.82) is 0 Å². The predicted octanol–water partition coefficient (Wildman–Crippen LogP) is 4.42. The number of pyridine rings is 1. The molecule has 2 aliphatic carbocycles. The Balaban J connectivity index is 0.828. The minimum Gasteiger partial charge on any atom is -0.507 e. The number of likely N-dealkylation sites (tertiary alicyclic amines) is 1. The minimum absolute atomic E-state index is 0.103. The van der Waals surface area contributed by atoms with Gasteiger partial charge >= 0.3 is 5.97 Å². The van der Waals surface area contributed by atoms with E-state index in [1.165, 1.54) is 12.8 Å². The fraction of sp³-hybridized carbons (Fsp3) is 0.543. The molecular weight excluding hydrogens is 582 g/mol. The van der Waals surface area contributed by atoms with Crippen molar-refractivity contribution >= 4 is 23.2 Å². The summed E-state index contributed by atoms with van der Waals surface area (Å²) in [5.74, 6) is 1.08. The second-order valence-corrected chi connectivity index (χ2v) is 14.4. The van der Waals surface area contributed by atoms with E-state index in [0.29, 0.717) is 59.0 Å². The van der Waals surface area contributed by atoms with Crippen molar-refractivity contribution in [3.8, 4) is 22.9 Å². The number of ether oxygens (including phenoxy) is 1. The zero-order valence-corrected chi connectivity index (χ0v) is 26.2. The Morgan fingerprint density at radius 1 is 0.957 bits per heavy atom. The van der Waals surface area contributed by atoms with Crippen LogP contribution in [0.1, 0.15) is 51.4 Å². The fourth-order valence-corrected chi connectivity index (χ4v) is 8.98. The molecule has 1 spiro atoms. The number of piperazine rings is 1. The molecule has 5 heterocycles. The molecule has 2 atom stereocenters. The Kier molecular flexibility index (Phi) is 7.38. The second kappa shape index (κ2) is 11.6. The van der Waals surface area contributed by atoms with Crippen LogP contribution in [-0.2, 0) is 4.79 Å². The van der Waals surface area contributed by atoms with Gasteiger partial charge in [0.25, 0.3) is 0 Å². The number of carboxylic acids is 1. The number of aliphatic carboxylic acids is 1. The number of phenols is 1. The van der Waals surface area contributed by atoms with Crippen molar-refractivity contribution in [2.24, 2.45) is 17.3 Å². The van der Waals surface area contributed by atoms with E-state index < -0.39 is 5.97 Å². The molecule has 11 heteroatoms. The van der Waals surface area contributed by atoms with Crippen LogP contribution >= 0.6 is 0 Å². The maximum absolute atomic E-state index is 11.2. The van der Waals surface area contributed by atoms with Crippen LogP contribution in [0.15, 0.2) is 48.7 Å². The van der Waals surface area contributed by atoms with E-state index in [1.54, 1.807) is 12.1 Å². The third-order valence-corrected chi connectivity index (χ3v) is 11.5. The smallest absolute Gasteiger partial charge is 0.306 e. The molecule has 0 amide bonds. The molecular formula is C35H43N7O4. The van der Waals surface area contributed by atoms with Gasteiger partial charge in [-0.05, 0) is 100 Å². The van der Waals surface area contributed by atoms with Crippen molar-refractivity contribution in [2.75, 3.05) is 48.3 Å². The van der Waals surface area contributed by atoms with Crippen LogP contribution in [0.4, 0.5) is 17.2 Å². The normalized spacial score (nSPS) is 29.4. The number of hydrogen-bond acceptors (Lipinski definition) is 10. The highest BCUT2D eigenvalue weighted by atomic mass is 16.5. The SMILES string of the molecule is Nc1nnc(-c2ccccc2O)cc1N1CC2CCC(C1)N2c1ccc(OCC2CCN(C3CC4(CC(C(=O)O)C4)C3)CC2)nc1. The third-order valence-electron chi connectivity index (χ3n) is 11.5. The molecule has 2 aromatic heterocycles. The van der Waals surface area contributed by atoms with E-state index in [0.717, 1.165) is 76.1 Å². The Morgan fingerprint density at radius 2 is 1.70 bits per heavy atom. The van der Waals surface area contributed by atoms with E-state index in [1.807, 2.05) is 30.5 Å². The molecule has 5 aliphatic rings. The Labute approximate surface area is 269 Å². The average Bonchev–Trinajstić information content (AvgIpc) is 3.28. The minimum atomic E-state index is -0.614. The number of benzene rings is 1. The zero-order chi connectivity index (χ0) is 31.4. The van der Waals surface area contributed by atoms with Gasteiger partial charge in [0, 0.05) is 42.8 Å². The van der Waals surface area contributed by atoms with E-state index in [9.17, 15) is 15.0 Å². The van der Waals surface area contributed by atoms with E-state index >= 15 is 0 Å². The van der Waals surface area contributed by atoms with E-state index in [2.05, 4.69) is 31.0 Å². The van der Waals surface area contributed by atoms with Crippen LogP contribution < -0.4 is 20.3 Å². The fourth-order valence-electron chi connectivity index (χ4n) is 8.98. The van der Waals surface area contributed by atoms with Crippen LogP contribution in [0.3, 0.4) is 0 Å². The van der Waals surface area contributed by atoms with Gasteiger partial charge in [0.15, 0.2) is 5.82 Å². The molecule has 3 aromatic rings. The van der Waals surface area contributed by atoms with Crippen LogP contribution in [0, 0.1) is 17.3 Å². The number of aromatic nitrogens is 3. The first-order chi connectivity index (χ1) is 22.3. The number of rotatable bonds is 8. The maximum atomic E-state index is 11.2. The number of nitrogen functional groups attached to an aromatic ring is 1. The molecule has 46 heavy (non-hydrogen) atoms. The lowest BCUT2D eigenvalue weighted by Gasteiger charge is -2.59. The van der Waals surface area contributed by atoms with E-state index in [-0.39, 0.29) is 11.7 Å². The summed E-state index contributed by atoms with van der Waals surface area (Å²) < 4.78 is 6.17. The second-order valence-electron chi connectivity index (χ2n) is 14.4. The van der Waals surface area contributed by atoms with Gasteiger partial charge in [0.2, 0.25) is 5.88 Å². The van der Waals surface area contributed by atoms with Gasteiger partial charge in [0.05, 0.1) is 35.8 Å². The molecule has 2 bridgehead atoms. The first-order valence-corrected chi connectivity index (χ1v) is 16.8. The summed E-state index contributed by atoms with van der Waals surface area (Å²) in [5.41, 5.74) is 9.90. The largest absolute Gasteiger partial charge is 0.507 e. The van der Waals surface area contributed by atoms with Gasteiger partial charge in [-0.25, -0.2) is 4.98 Å². The Hall–Kier alpha value is -4.12. The number of piperidine rings is 1. The molecule has 11 nitrogen and oxygen atoms in total. The summed E-state index contributed by atoms with van der Waals surface area (Å²) in [4.78, 5) is 23.3. The number of phenolic OH excluding ortho intramolecular Hbond substituents is 1. The molecule has 4 N–H and O–H groups in total. The number of carbonyl (C=O) groups is 1. The predicted molar refractivity (Wildman–Crippen MR) is 175 cm³/mol. The van der Waals surface area contributed by atoms with Crippen LogP contribution in [0.25, 0.3) is 11.3 Å². The molecule has 5 fully saturated rings. The molecule has 8 rings (SSSR count). The van der Waals surface area contributed by atoms with Crippen molar-refractivity contribution in [2.45, 2.75) is 69.5 Å². The summed E-state index contributed by atoms with van der Waals surface area (Å²) in [6.07, 6.45) is 10.6. The molecule has 2 saturated carbocycles. The summed E-state index contributed by atoms with van der Waals surface area (Å²) in [5, 5.41) is 28.0. The summed E-state index contributed by atoms with van der Waals surface area (Å²) in [6.45, 7) is 4.57. The van der Waals surface area contributed by atoms with Crippen molar-refractivity contribution in [3.05, 3.63) is 48.7 Å². The Morgan fingerprint density at radius 3 is 2.37 bits per heavy atom. The third kappa shape index (κ3) is 5.38. The van der Waals surface area contributed by atoms with E-state index in [4.69, 9.17) is 15.5 Å². The van der Waals surface area contributed by atoms with Gasteiger partial charge in [-0.2, -0.15) is 0 Å². The van der Waals surface area contributed by atoms with Crippen LogP contribution in [0.5, 0.6) is 11.6 Å². The highest BCUT2D eigenvalue weighted by Gasteiger charge is 2.56. The topological polar surface area (TPSA) is 141 Å². The van der Waals surface area contributed by atoms with Gasteiger partial charge in [-0.1, -0.05) is 12.1 Å². The number of aromatic hydroxyl groups is 1. The number of carboxylic acid groups (broad SMARTS) is 1. The quantitative estimate of drug-likeness (QED) is 0.328. The Bertz CT molecular complexity index is 1570. The number of para-hydroxylation sites is 1. The van der Waals surface area contributed by atoms with Crippen molar-refractivity contribution < 1.29 is 19.7 Å². The number of hydrogen-bond donors (Lipinski definition) is 3. The first-order valence-electron chi connectivity index (χ1n) is 16.8. The lowest BCUT2D eigenvalue weighted by molar-refractivity contribution is -0.160. The number of nitrogens with two attached hydrogens (primary N) is 1. The van der Waals surface area contributed by atoms with Gasteiger partial charge in [-0.3, -0.25) is 4.79 Å². The monoisotopic (exact) mass is 625 g/mol. The molecule has 3 aliphatic heterocycles. The standard InChI is InChI=1S/C35H43N7O4/c36-33-30(13-29(38-39-33)28-3-1-2-4-31(28)43)41-19-25-5-6-26(20-41)42(25)24-7-8-32(37-18-24)46-21-22-9-11-40(12-10-22)27-16-35(17-27)14-23(15-35)34(44)45/h1-4,7-8,13,18,22-23,25-27,43H,5-6,9-12,14-17,19-21H2,(H2,36,39)(H,44,45).